The Labute approximate surface area is 144 Å². The van der Waals surface area contributed by atoms with E-state index in [4.69, 9.17) is 0 Å². The predicted octanol–water partition coefficient (Wildman–Crippen LogP) is 3.63. The van der Waals surface area contributed by atoms with Crippen LogP contribution in [0, 0.1) is 20.2 Å². The maximum Gasteiger partial charge on any atom is 0.295 e. The lowest BCUT2D eigenvalue weighted by Crippen LogP contribution is -2.12. The van der Waals surface area contributed by atoms with Gasteiger partial charge in [0.15, 0.2) is 0 Å². The van der Waals surface area contributed by atoms with Crippen LogP contribution >= 0.6 is 0 Å². The average Bonchev–Trinajstić information content (AvgIpc) is 2.53. The molecule has 0 saturated carbocycles. The van der Waals surface area contributed by atoms with Crippen molar-refractivity contribution in [2.45, 2.75) is 36.0 Å². The normalized spacial score (nSPS) is 12.0. The molecule has 2 rings (SSSR count). The van der Waals surface area contributed by atoms with Crippen molar-refractivity contribution in [1.82, 2.24) is 0 Å². The minimum absolute atomic E-state index is 0.113. The topological polar surface area (TPSA) is 120 Å². The van der Waals surface area contributed by atoms with Gasteiger partial charge in [0.1, 0.15) is 4.90 Å². The van der Waals surface area contributed by atoms with Crippen molar-refractivity contribution in [1.29, 1.82) is 0 Å². The predicted molar refractivity (Wildman–Crippen MR) is 90.3 cm³/mol. The third-order valence-electron chi connectivity index (χ3n) is 3.67. The van der Waals surface area contributed by atoms with Gasteiger partial charge in [-0.15, -0.1) is 0 Å². The Hall–Kier alpha value is -2.81. The van der Waals surface area contributed by atoms with Gasteiger partial charge in [-0.3, -0.25) is 20.2 Å². The quantitative estimate of drug-likeness (QED) is 0.603. The van der Waals surface area contributed by atoms with Crippen LogP contribution in [0.3, 0.4) is 0 Å². The number of benzene rings is 2. The number of hydrogen-bond donors (Lipinski definition) is 0. The summed E-state index contributed by atoms with van der Waals surface area (Å²) in [6, 6.07) is 8.51. The molecule has 0 aliphatic carbocycles. The summed E-state index contributed by atoms with van der Waals surface area (Å²) in [4.78, 5) is 19.5. The highest BCUT2D eigenvalue weighted by atomic mass is 32.2. The van der Waals surface area contributed by atoms with E-state index in [0.29, 0.717) is 6.07 Å². The van der Waals surface area contributed by atoms with Gasteiger partial charge in [-0.05, 0) is 29.2 Å². The standard InChI is InChI=1S/C16H16N2O6S/c1-16(2,3)11-4-7-13(8-5-11)25(23,24)15-9-6-12(17(19)20)10-14(15)18(21)22/h4-10H,1-3H3. The maximum atomic E-state index is 12.7. The summed E-state index contributed by atoms with van der Waals surface area (Å²) in [6.07, 6.45) is 0. The van der Waals surface area contributed by atoms with Crippen LogP contribution in [-0.4, -0.2) is 18.3 Å². The lowest BCUT2D eigenvalue weighted by molar-refractivity contribution is -0.396. The smallest absolute Gasteiger partial charge is 0.258 e. The largest absolute Gasteiger partial charge is 0.295 e. The summed E-state index contributed by atoms with van der Waals surface area (Å²) in [6.45, 7) is 5.91. The summed E-state index contributed by atoms with van der Waals surface area (Å²) in [7, 11) is -4.18. The Balaban J connectivity index is 2.60. The molecule has 0 N–H and O–H groups in total. The van der Waals surface area contributed by atoms with Crippen molar-refractivity contribution in [3.8, 4) is 0 Å². The molecule has 2 aromatic carbocycles. The van der Waals surface area contributed by atoms with E-state index in [1.54, 1.807) is 12.1 Å². The van der Waals surface area contributed by atoms with Crippen LogP contribution in [0.2, 0.25) is 0 Å². The molecule has 0 fully saturated rings. The van der Waals surface area contributed by atoms with Gasteiger partial charge >= 0.3 is 0 Å². The van der Waals surface area contributed by atoms with Crippen molar-refractivity contribution in [2.75, 3.05) is 0 Å². The Kier molecular flexibility index (Phi) is 4.63. The van der Waals surface area contributed by atoms with Gasteiger partial charge in [0, 0.05) is 6.07 Å². The summed E-state index contributed by atoms with van der Waals surface area (Å²) in [5.41, 5.74) is -0.644. The SMILES string of the molecule is CC(C)(C)c1ccc(S(=O)(=O)c2ccc([N+](=O)[O-])cc2[N+](=O)[O-])cc1. The van der Waals surface area contributed by atoms with Crippen LogP contribution in [-0.2, 0) is 15.3 Å². The van der Waals surface area contributed by atoms with E-state index in [1.165, 1.54) is 12.1 Å². The first-order chi connectivity index (χ1) is 11.4. The molecule has 9 heteroatoms. The van der Waals surface area contributed by atoms with Gasteiger partial charge in [-0.25, -0.2) is 8.42 Å². The highest BCUT2D eigenvalue weighted by Gasteiger charge is 2.30. The highest BCUT2D eigenvalue weighted by Crippen LogP contribution is 2.33. The van der Waals surface area contributed by atoms with Crippen LogP contribution in [0.1, 0.15) is 26.3 Å². The Morgan fingerprint density at radius 2 is 1.44 bits per heavy atom. The average molecular weight is 364 g/mol. The van der Waals surface area contributed by atoms with Gasteiger partial charge < -0.3 is 0 Å². The van der Waals surface area contributed by atoms with Gasteiger partial charge in [-0.1, -0.05) is 32.9 Å². The molecule has 0 saturated heterocycles. The van der Waals surface area contributed by atoms with E-state index in [-0.39, 0.29) is 10.3 Å². The molecule has 132 valence electrons. The van der Waals surface area contributed by atoms with Gasteiger partial charge in [0.05, 0.1) is 20.8 Å². The summed E-state index contributed by atoms with van der Waals surface area (Å²) in [5.74, 6) is 0. The second kappa shape index (κ2) is 6.25. The Bertz CT molecular complexity index is 944. The number of non-ortho nitro benzene ring substituents is 1. The third-order valence-corrected chi connectivity index (χ3v) is 5.49. The van der Waals surface area contributed by atoms with Crippen LogP contribution in [0.5, 0.6) is 0 Å². The van der Waals surface area contributed by atoms with Gasteiger partial charge in [-0.2, -0.15) is 0 Å². The molecule has 0 radical (unpaired) electrons. The zero-order valence-electron chi connectivity index (χ0n) is 13.8. The lowest BCUT2D eigenvalue weighted by Gasteiger charge is -2.19. The second-order valence-corrected chi connectivity index (χ2v) is 8.36. The van der Waals surface area contributed by atoms with Crippen LogP contribution in [0.25, 0.3) is 0 Å². The fraction of sp³-hybridized carbons (Fsp3) is 0.250. The Morgan fingerprint density at radius 1 is 0.880 bits per heavy atom. The minimum atomic E-state index is -4.18. The van der Waals surface area contributed by atoms with E-state index in [0.717, 1.165) is 17.7 Å². The Morgan fingerprint density at radius 3 is 1.88 bits per heavy atom. The lowest BCUT2D eigenvalue weighted by atomic mass is 9.87. The van der Waals surface area contributed by atoms with Crippen LogP contribution < -0.4 is 0 Å². The molecule has 25 heavy (non-hydrogen) atoms. The monoisotopic (exact) mass is 364 g/mol. The van der Waals surface area contributed by atoms with Gasteiger partial charge in [0.2, 0.25) is 9.84 Å². The fourth-order valence-electron chi connectivity index (χ4n) is 2.25. The number of hydrogen-bond acceptors (Lipinski definition) is 6. The van der Waals surface area contributed by atoms with E-state index in [1.807, 2.05) is 20.8 Å². The molecule has 0 aromatic heterocycles. The first-order valence-electron chi connectivity index (χ1n) is 7.23. The molecule has 0 atom stereocenters. The molecule has 8 nitrogen and oxygen atoms in total. The zero-order chi connectivity index (χ0) is 19.0. The minimum Gasteiger partial charge on any atom is -0.258 e. The number of sulfone groups is 1. The number of nitro benzene ring substituents is 2. The molecule has 0 unspecified atom stereocenters. The van der Waals surface area contributed by atoms with Crippen LogP contribution in [0.4, 0.5) is 11.4 Å². The molecule has 0 amide bonds. The zero-order valence-corrected chi connectivity index (χ0v) is 14.6. The van der Waals surface area contributed by atoms with Crippen molar-refractivity contribution in [3.63, 3.8) is 0 Å². The first-order valence-corrected chi connectivity index (χ1v) is 8.71. The summed E-state index contributed by atoms with van der Waals surface area (Å²) in [5, 5.41) is 22.0. The second-order valence-electron chi connectivity index (χ2n) is 6.44. The molecular weight excluding hydrogens is 348 g/mol. The number of nitro groups is 2. The number of nitrogens with zero attached hydrogens (tertiary/aromatic N) is 2. The van der Waals surface area contributed by atoms with Crippen molar-refractivity contribution >= 4 is 21.2 Å². The number of rotatable bonds is 4. The van der Waals surface area contributed by atoms with E-state index in [2.05, 4.69) is 0 Å². The van der Waals surface area contributed by atoms with Crippen LogP contribution in [0.15, 0.2) is 52.3 Å². The molecular formula is C16H16N2O6S. The van der Waals surface area contributed by atoms with E-state index >= 15 is 0 Å². The van der Waals surface area contributed by atoms with Gasteiger partial charge in [0.25, 0.3) is 11.4 Å². The van der Waals surface area contributed by atoms with E-state index in [9.17, 15) is 28.6 Å². The van der Waals surface area contributed by atoms with Crippen molar-refractivity contribution in [2.24, 2.45) is 0 Å². The molecule has 0 bridgehead atoms. The maximum absolute atomic E-state index is 12.7. The summed E-state index contributed by atoms with van der Waals surface area (Å²) >= 11 is 0. The highest BCUT2D eigenvalue weighted by molar-refractivity contribution is 7.91. The third kappa shape index (κ3) is 3.66. The molecule has 2 aromatic rings. The molecule has 0 heterocycles. The first kappa shape index (κ1) is 18.5. The van der Waals surface area contributed by atoms with Crippen molar-refractivity contribution < 1.29 is 18.3 Å². The fourth-order valence-corrected chi connectivity index (χ4v) is 3.65. The van der Waals surface area contributed by atoms with E-state index < -0.39 is 36.0 Å². The summed E-state index contributed by atoms with van der Waals surface area (Å²) < 4.78 is 25.5. The molecule has 0 aliphatic heterocycles. The molecule has 0 aliphatic rings. The van der Waals surface area contributed by atoms with Crippen molar-refractivity contribution in [3.05, 3.63) is 68.3 Å². The molecule has 0 spiro atoms.